The Hall–Kier alpha value is 0. The van der Waals surface area contributed by atoms with Crippen LogP contribution < -0.4 is 0 Å². The van der Waals surface area contributed by atoms with Gasteiger partial charge < -0.3 is 0 Å². The van der Waals surface area contributed by atoms with E-state index in [1.807, 2.05) is 0 Å². The minimum absolute atomic E-state index is 0. The van der Waals surface area contributed by atoms with Crippen LogP contribution in [0.25, 0.3) is 0 Å². The van der Waals surface area contributed by atoms with Crippen molar-refractivity contribution in [1.29, 1.82) is 0 Å². The summed E-state index contributed by atoms with van der Waals surface area (Å²) in [6.45, 7) is 0. The molecular formula is C9H19. The quantitative estimate of drug-likeness (QED) is 0.466. The molecule has 0 aliphatic heterocycles. The zero-order valence-electron chi connectivity index (χ0n) is 6.66. The summed E-state index contributed by atoms with van der Waals surface area (Å²) < 4.78 is 0. The molecule has 0 spiro atoms. The van der Waals surface area contributed by atoms with E-state index in [9.17, 15) is 0 Å². The van der Waals surface area contributed by atoms with Crippen molar-refractivity contribution >= 4 is 0 Å². The van der Waals surface area contributed by atoms with Gasteiger partial charge in [0.1, 0.15) is 0 Å². The highest BCUT2D eigenvalue weighted by atomic mass is 14.0. The van der Waals surface area contributed by atoms with E-state index in [1.54, 1.807) is 0 Å². The maximum atomic E-state index is 1.50. The van der Waals surface area contributed by atoms with Gasteiger partial charge in [-0.15, -0.1) is 0 Å². The molecule has 0 heterocycles. The molecule has 0 aromatic carbocycles. The third-order valence-corrected chi connectivity index (χ3v) is 2.00. The van der Waals surface area contributed by atoms with E-state index in [0.29, 0.717) is 0 Å². The van der Waals surface area contributed by atoms with Crippen LogP contribution in [0, 0.1) is 7.43 Å². The van der Waals surface area contributed by atoms with Crippen molar-refractivity contribution in [3.63, 3.8) is 0 Å². The molecular weight excluding hydrogens is 108 g/mol. The Balaban J connectivity index is 0.000000640. The molecule has 0 aromatic rings. The molecule has 0 atom stereocenters. The average Bonchev–Trinajstić information content (AvgIpc) is 1.62. The van der Waals surface area contributed by atoms with Crippen molar-refractivity contribution < 1.29 is 0 Å². The fourth-order valence-electron chi connectivity index (χ4n) is 1.41. The fourth-order valence-corrected chi connectivity index (χ4v) is 1.41. The van der Waals surface area contributed by atoms with E-state index in [-0.39, 0.29) is 7.43 Å². The van der Waals surface area contributed by atoms with Gasteiger partial charge >= 0.3 is 0 Å². The summed E-state index contributed by atoms with van der Waals surface area (Å²) in [6.07, 6.45) is 12.0. The lowest BCUT2D eigenvalue weighted by molar-refractivity contribution is 0.504. The molecule has 0 nitrogen and oxygen atoms in total. The van der Waals surface area contributed by atoms with Gasteiger partial charge in [-0.3, -0.25) is 0 Å². The first-order chi connectivity index (χ1) is 4.00. The van der Waals surface area contributed by atoms with Crippen LogP contribution in [0.4, 0.5) is 0 Å². The van der Waals surface area contributed by atoms with Gasteiger partial charge in [0.2, 0.25) is 0 Å². The molecule has 0 saturated heterocycles. The van der Waals surface area contributed by atoms with Crippen molar-refractivity contribution in [2.75, 3.05) is 0 Å². The van der Waals surface area contributed by atoms with Crippen molar-refractivity contribution in [3.05, 3.63) is 7.43 Å². The molecule has 0 heteroatoms. The molecule has 9 heavy (non-hydrogen) atoms. The summed E-state index contributed by atoms with van der Waals surface area (Å²) in [4.78, 5) is 0. The molecule has 1 aliphatic carbocycles. The summed E-state index contributed by atoms with van der Waals surface area (Å²) in [7, 11) is 0. The Labute approximate surface area is 59.7 Å². The predicted molar refractivity (Wildman–Crippen MR) is 43.4 cm³/mol. The summed E-state index contributed by atoms with van der Waals surface area (Å²) in [5.74, 6) is 0. The lowest BCUT2D eigenvalue weighted by Gasteiger charge is -2.05. The van der Waals surface area contributed by atoms with Gasteiger partial charge in [0.05, 0.1) is 0 Å². The highest BCUT2D eigenvalue weighted by molar-refractivity contribution is 4.51. The Bertz CT molecular complexity index is 24.0. The monoisotopic (exact) mass is 127 g/mol. The zero-order chi connectivity index (χ0) is 5.66. The van der Waals surface area contributed by atoms with Crippen LogP contribution in [0.5, 0.6) is 0 Å². The topological polar surface area (TPSA) is 0 Å². The van der Waals surface area contributed by atoms with Gasteiger partial charge in [0, 0.05) is 0 Å². The van der Waals surface area contributed by atoms with E-state index >= 15 is 0 Å². The summed E-state index contributed by atoms with van der Waals surface area (Å²) in [5.41, 5.74) is 0. The molecule has 1 rings (SSSR count). The lowest BCUT2D eigenvalue weighted by atomic mass is 10.0. The fraction of sp³-hybridized carbons (Fsp3) is 0.889. The predicted octanol–water partition coefficient (Wildman–Crippen LogP) is 3.57. The Morgan fingerprint density at radius 2 is 0.444 bits per heavy atom. The molecule has 55 valence electrons. The highest BCUT2D eigenvalue weighted by Crippen LogP contribution is 2.15. The van der Waals surface area contributed by atoms with E-state index in [4.69, 9.17) is 0 Å². The molecule has 1 fully saturated rings. The lowest BCUT2D eigenvalue weighted by Crippen LogP contribution is -1.85. The largest absolute Gasteiger partial charge is 0.0683 e. The normalized spacial score (nSPS) is 21.3. The second kappa shape index (κ2) is 6.12. The minimum Gasteiger partial charge on any atom is -0.0683 e. The number of rotatable bonds is 0. The molecule has 1 saturated carbocycles. The second-order valence-electron chi connectivity index (χ2n) is 2.83. The molecule has 0 bridgehead atoms. The summed E-state index contributed by atoms with van der Waals surface area (Å²) in [5, 5.41) is 0. The number of hydrogen-bond donors (Lipinski definition) is 0. The number of hydrogen-bond acceptors (Lipinski definition) is 0. The average molecular weight is 127 g/mol. The van der Waals surface area contributed by atoms with Gasteiger partial charge in [-0.1, -0.05) is 58.8 Å². The molecule has 0 aromatic heterocycles. The van der Waals surface area contributed by atoms with Crippen molar-refractivity contribution in [2.45, 2.75) is 51.4 Å². The standard InChI is InChI=1S/C8H16.CH3/c1-2-4-6-8-7-5-3-1;/h1-8H2;1H3. The summed E-state index contributed by atoms with van der Waals surface area (Å²) in [6, 6.07) is 0. The van der Waals surface area contributed by atoms with E-state index < -0.39 is 0 Å². The Morgan fingerprint density at radius 3 is 0.556 bits per heavy atom. The van der Waals surface area contributed by atoms with Gasteiger partial charge in [-0.05, 0) is 0 Å². The van der Waals surface area contributed by atoms with Crippen LogP contribution in [0.3, 0.4) is 0 Å². The Morgan fingerprint density at radius 1 is 0.333 bits per heavy atom. The molecule has 1 radical (unpaired) electrons. The first-order valence-corrected chi connectivity index (χ1v) is 4.00. The highest BCUT2D eigenvalue weighted by Gasteiger charge is 1.95. The van der Waals surface area contributed by atoms with Crippen molar-refractivity contribution in [1.82, 2.24) is 0 Å². The molecule has 0 unspecified atom stereocenters. The molecule has 1 aliphatic rings. The first-order valence-electron chi connectivity index (χ1n) is 4.00. The maximum Gasteiger partial charge on any atom is -0.0533 e. The Kier molecular flexibility index (Phi) is 6.12. The zero-order valence-corrected chi connectivity index (χ0v) is 6.66. The van der Waals surface area contributed by atoms with Crippen LogP contribution in [-0.2, 0) is 0 Å². The van der Waals surface area contributed by atoms with E-state index in [1.165, 1.54) is 51.4 Å². The third kappa shape index (κ3) is 4.50. The van der Waals surface area contributed by atoms with Crippen LogP contribution in [-0.4, -0.2) is 0 Å². The molecule has 0 N–H and O–H groups in total. The van der Waals surface area contributed by atoms with Crippen LogP contribution >= 0.6 is 0 Å². The van der Waals surface area contributed by atoms with Gasteiger partial charge in [-0.2, -0.15) is 0 Å². The van der Waals surface area contributed by atoms with Crippen LogP contribution in [0.15, 0.2) is 0 Å². The van der Waals surface area contributed by atoms with E-state index in [2.05, 4.69) is 0 Å². The van der Waals surface area contributed by atoms with Gasteiger partial charge in [0.25, 0.3) is 0 Å². The smallest absolute Gasteiger partial charge is 0.0533 e. The third-order valence-electron chi connectivity index (χ3n) is 2.00. The maximum absolute atomic E-state index is 1.50. The van der Waals surface area contributed by atoms with Crippen molar-refractivity contribution in [3.8, 4) is 0 Å². The van der Waals surface area contributed by atoms with Crippen LogP contribution in [0.1, 0.15) is 51.4 Å². The van der Waals surface area contributed by atoms with Crippen LogP contribution in [0.2, 0.25) is 0 Å². The second-order valence-corrected chi connectivity index (χ2v) is 2.83. The van der Waals surface area contributed by atoms with Crippen molar-refractivity contribution in [2.24, 2.45) is 0 Å². The minimum atomic E-state index is 0. The SMILES string of the molecule is C1CCCCCCC1.[CH3]. The first kappa shape index (κ1) is 9.00. The summed E-state index contributed by atoms with van der Waals surface area (Å²) >= 11 is 0. The van der Waals surface area contributed by atoms with E-state index in [0.717, 1.165) is 0 Å². The molecule has 0 amide bonds. The van der Waals surface area contributed by atoms with Gasteiger partial charge in [-0.25, -0.2) is 0 Å². The van der Waals surface area contributed by atoms with Gasteiger partial charge in [0.15, 0.2) is 0 Å².